The number of urea groups is 1. The molecule has 5 heteroatoms. The molecule has 98 valence electrons. The maximum absolute atomic E-state index is 11.5. The summed E-state index contributed by atoms with van der Waals surface area (Å²) in [5.41, 5.74) is 0. The monoisotopic (exact) mass is 248 g/mol. The molecule has 0 bridgehead atoms. The summed E-state index contributed by atoms with van der Waals surface area (Å²) >= 11 is 0. The Morgan fingerprint density at radius 2 is 2.22 bits per heavy atom. The van der Waals surface area contributed by atoms with Gasteiger partial charge in [-0.05, 0) is 6.42 Å². The summed E-state index contributed by atoms with van der Waals surface area (Å²) in [5.74, 6) is 0.840. The van der Waals surface area contributed by atoms with E-state index in [9.17, 15) is 4.79 Å². The number of allylic oxidation sites excluding steroid dienone is 2. The van der Waals surface area contributed by atoms with E-state index in [0.717, 1.165) is 25.2 Å². The molecule has 1 aliphatic carbocycles. The molecule has 2 aliphatic rings. The predicted octanol–water partition coefficient (Wildman–Crippen LogP) is 0.951. The summed E-state index contributed by atoms with van der Waals surface area (Å²) in [6.07, 6.45) is 10.2. The van der Waals surface area contributed by atoms with E-state index in [1.807, 2.05) is 12.2 Å². The van der Waals surface area contributed by atoms with Crippen molar-refractivity contribution in [3.63, 3.8) is 0 Å². The quantitative estimate of drug-likeness (QED) is 0.634. The number of hydrogen-bond acceptors (Lipinski definition) is 3. The maximum Gasteiger partial charge on any atom is 0.315 e. The number of amides is 2. The van der Waals surface area contributed by atoms with Crippen molar-refractivity contribution in [2.24, 2.45) is 4.99 Å². The normalized spacial score (nSPS) is 24.2. The Hall–Kier alpha value is -1.78. The van der Waals surface area contributed by atoms with Crippen molar-refractivity contribution in [3.8, 4) is 0 Å². The van der Waals surface area contributed by atoms with Crippen molar-refractivity contribution in [1.29, 1.82) is 0 Å². The first-order valence-electron chi connectivity index (χ1n) is 6.49. The van der Waals surface area contributed by atoms with Gasteiger partial charge in [0.1, 0.15) is 5.84 Å². The minimum absolute atomic E-state index is 0.131. The third-order valence-electron chi connectivity index (χ3n) is 2.98. The zero-order valence-electron chi connectivity index (χ0n) is 10.6. The first kappa shape index (κ1) is 12.7. The van der Waals surface area contributed by atoms with Gasteiger partial charge in [0.05, 0.1) is 18.6 Å². The van der Waals surface area contributed by atoms with Crippen molar-refractivity contribution in [2.75, 3.05) is 13.1 Å². The Bertz CT molecular complexity index is 386. The number of unbranched alkanes of at least 4 members (excludes halogenated alkanes) is 1. The lowest BCUT2D eigenvalue weighted by molar-refractivity contribution is 0.242. The van der Waals surface area contributed by atoms with Crippen LogP contribution in [-0.4, -0.2) is 37.0 Å². The number of nitrogens with zero attached hydrogens (tertiary/aromatic N) is 1. The molecule has 2 amide bonds. The fourth-order valence-electron chi connectivity index (χ4n) is 1.96. The van der Waals surface area contributed by atoms with Crippen molar-refractivity contribution >= 4 is 11.9 Å². The molecule has 2 atom stereocenters. The van der Waals surface area contributed by atoms with E-state index < -0.39 is 0 Å². The molecule has 0 spiro atoms. The second kappa shape index (κ2) is 6.23. The number of hydrogen-bond donors (Lipinski definition) is 3. The summed E-state index contributed by atoms with van der Waals surface area (Å²) in [6.45, 7) is 3.27. The van der Waals surface area contributed by atoms with Gasteiger partial charge in [-0.15, -0.1) is 0 Å². The van der Waals surface area contributed by atoms with Gasteiger partial charge in [-0.2, -0.15) is 0 Å². The van der Waals surface area contributed by atoms with Crippen LogP contribution in [0.2, 0.25) is 0 Å². The molecule has 0 radical (unpaired) electrons. The van der Waals surface area contributed by atoms with E-state index in [1.54, 1.807) is 0 Å². The molecular formula is C13H20N4O. The molecule has 0 aromatic carbocycles. The van der Waals surface area contributed by atoms with Gasteiger partial charge in [-0.1, -0.05) is 37.6 Å². The van der Waals surface area contributed by atoms with Gasteiger partial charge < -0.3 is 16.0 Å². The summed E-state index contributed by atoms with van der Waals surface area (Å²) < 4.78 is 0. The molecule has 0 aromatic rings. The fraction of sp³-hybridized carbons (Fsp3) is 0.538. The lowest BCUT2D eigenvalue weighted by Gasteiger charge is -2.13. The standard InChI is InChI=1S/C13H20N4O/c1-2-3-8-14-13(18)15-9-12-16-10-6-4-5-7-11(10)17-12/h4-7,10-11H,2-3,8-9H2,1H3,(H,16,17)(H2,14,15,18)/t10-,11-/m1/s1. The van der Waals surface area contributed by atoms with Crippen LogP contribution in [0.4, 0.5) is 4.79 Å². The first-order chi connectivity index (χ1) is 8.79. The lowest BCUT2D eigenvalue weighted by Crippen LogP contribution is -2.43. The zero-order chi connectivity index (χ0) is 12.8. The van der Waals surface area contributed by atoms with E-state index in [-0.39, 0.29) is 18.1 Å². The Labute approximate surface area is 107 Å². The van der Waals surface area contributed by atoms with Gasteiger partial charge >= 0.3 is 6.03 Å². The second-order valence-corrected chi connectivity index (χ2v) is 4.47. The van der Waals surface area contributed by atoms with Crippen LogP contribution in [0, 0.1) is 0 Å². The van der Waals surface area contributed by atoms with Crippen LogP contribution >= 0.6 is 0 Å². The van der Waals surface area contributed by atoms with Crippen LogP contribution < -0.4 is 16.0 Å². The molecule has 0 fully saturated rings. The zero-order valence-corrected chi connectivity index (χ0v) is 10.6. The average molecular weight is 248 g/mol. The van der Waals surface area contributed by atoms with Crippen molar-refractivity contribution in [3.05, 3.63) is 24.3 Å². The van der Waals surface area contributed by atoms with Crippen LogP contribution in [0.3, 0.4) is 0 Å². The first-order valence-corrected chi connectivity index (χ1v) is 6.49. The minimum Gasteiger partial charge on any atom is -0.364 e. The molecule has 2 rings (SSSR count). The van der Waals surface area contributed by atoms with Crippen molar-refractivity contribution in [1.82, 2.24) is 16.0 Å². The second-order valence-electron chi connectivity index (χ2n) is 4.47. The molecule has 1 heterocycles. The number of nitrogens with one attached hydrogen (secondary N) is 3. The van der Waals surface area contributed by atoms with Gasteiger partial charge in [-0.25, -0.2) is 4.79 Å². The average Bonchev–Trinajstić information content (AvgIpc) is 2.79. The lowest BCUT2D eigenvalue weighted by atomic mass is 10.1. The molecule has 0 saturated heterocycles. The van der Waals surface area contributed by atoms with Crippen LogP contribution in [-0.2, 0) is 0 Å². The summed E-state index contributed by atoms with van der Waals surface area (Å²) in [4.78, 5) is 16.0. The van der Waals surface area contributed by atoms with Crippen LogP contribution in [0.1, 0.15) is 19.8 Å². The minimum atomic E-state index is -0.131. The molecule has 5 nitrogen and oxygen atoms in total. The fourth-order valence-corrected chi connectivity index (χ4v) is 1.96. The Morgan fingerprint density at radius 1 is 1.39 bits per heavy atom. The predicted molar refractivity (Wildman–Crippen MR) is 72.7 cm³/mol. The molecule has 0 unspecified atom stereocenters. The van der Waals surface area contributed by atoms with Gasteiger partial charge in [-0.3, -0.25) is 4.99 Å². The number of aliphatic imine (C=N–C) groups is 1. The topological polar surface area (TPSA) is 65.5 Å². The Morgan fingerprint density at radius 3 is 3.00 bits per heavy atom. The Kier molecular flexibility index (Phi) is 4.39. The van der Waals surface area contributed by atoms with Crippen molar-refractivity contribution < 1.29 is 4.79 Å². The van der Waals surface area contributed by atoms with Gasteiger partial charge in [0.25, 0.3) is 0 Å². The van der Waals surface area contributed by atoms with Gasteiger partial charge in [0.2, 0.25) is 0 Å². The molecule has 0 saturated carbocycles. The van der Waals surface area contributed by atoms with Crippen LogP contribution in [0.5, 0.6) is 0 Å². The summed E-state index contributed by atoms with van der Waals surface area (Å²) in [7, 11) is 0. The smallest absolute Gasteiger partial charge is 0.315 e. The third-order valence-corrected chi connectivity index (χ3v) is 2.98. The number of fused-ring (bicyclic) bond motifs is 1. The Balaban J connectivity index is 1.70. The highest BCUT2D eigenvalue weighted by atomic mass is 16.2. The highest BCUT2D eigenvalue weighted by Gasteiger charge is 2.25. The van der Waals surface area contributed by atoms with Crippen molar-refractivity contribution in [2.45, 2.75) is 31.8 Å². The largest absolute Gasteiger partial charge is 0.364 e. The number of amidine groups is 1. The molecule has 1 aliphatic heterocycles. The van der Waals surface area contributed by atoms with E-state index in [1.165, 1.54) is 0 Å². The third kappa shape index (κ3) is 3.35. The van der Waals surface area contributed by atoms with E-state index in [2.05, 4.69) is 40.0 Å². The number of carbonyl (C=O) groups is 1. The summed E-state index contributed by atoms with van der Waals surface area (Å²) in [6, 6.07) is 0.291. The van der Waals surface area contributed by atoms with E-state index in [4.69, 9.17) is 0 Å². The van der Waals surface area contributed by atoms with Crippen LogP contribution in [0.25, 0.3) is 0 Å². The number of rotatable bonds is 5. The summed E-state index contributed by atoms with van der Waals surface area (Å²) in [5, 5.41) is 8.90. The maximum atomic E-state index is 11.5. The molecule has 18 heavy (non-hydrogen) atoms. The van der Waals surface area contributed by atoms with E-state index >= 15 is 0 Å². The highest BCUT2D eigenvalue weighted by molar-refractivity contribution is 5.90. The highest BCUT2D eigenvalue weighted by Crippen LogP contribution is 2.13. The molecular weight excluding hydrogens is 228 g/mol. The van der Waals surface area contributed by atoms with Gasteiger partial charge in [0.15, 0.2) is 0 Å². The number of carbonyl (C=O) groups excluding carboxylic acids is 1. The van der Waals surface area contributed by atoms with Gasteiger partial charge in [0, 0.05) is 6.54 Å². The van der Waals surface area contributed by atoms with Crippen LogP contribution in [0.15, 0.2) is 29.3 Å². The SMILES string of the molecule is CCCCNC(=O)NCC1=N[C@@H]2C=CC=C[C@H]2N1. The molecule has 3 N–H and O–H groups in total. The van der Waals surface area contributed by atoms with E-state index in [0.29, 0.717) is 6.54 Å². The molecule has 0 aromatic heterocycles.